The van der Waals surface area contributed by atoms with E-state index >= 15 is 0 Å². The van der Waals surface area contributed by atoms with Gasteiger partial charge in [-0.15, -0.1) is 11.3 Å². The summed E-state index contributed by atoms with van der Waals surface area (Å²) in [6.07, 6.45) is 1.78. The lowest BCUT2D eigenvalue weighted by Crippen LogP contribution is -2.08. The summed E-state index contributed by atoms with van der Waals surface area (Å²) in [5.74, 6) is 1.61. The van der Waals surface area contributed by atoms with Gasteiger partial charge in [0, 0.05) is 16.0 Å². The van der Waals surface area contributed by atoms with Crippen LogP contribution in [0.2, 0.25) is 0 Å². The van der Waals surface area contributed by atoms with Crippen molar-refractivity contribution in [2.75, 3.05) is 11.9 Å². The lowest BCUT2D eigenvalue weighted by atomic mass is 10.2. The van der Waals surface area contributed by atoms with Crippen LogP contribution >= 0.6 is 11.3 Å². The Bertz CT molecular complexity index is 510. The standard InChI is InChI=1S/C14H18N2OS/c1-4-17-12-6-5-9-15-14(12)16-11(3)13-8-7-10(2)18-13/h5-9,11H,4H2,1-3H3,(H,15,16). The summed E-state index contributed by atoms with van der Waals surface area (Å²) < 4.78 is 5.56. The minimum absolute atomic E-state index is 0.234. The van der Waals surface area contributed by atoms with Crippen molar-refractivity contribution >= 4 is 17.2 Å². The average molecular weight is 262 g/mol. The molecule has 0 radical (unpaired) electrons. The predicted octanol–water partition coefficient (Wildman–Crippen LogP) is 4.02. The Morgan fingerprint density at radius 2 is 2.22 bits per heavy atom. The van der Waals surface area contributed by atoms with Gasteiger partial charge in [0.1, 0.15) is 0 Å². The first-order valence-corrected chi connectivity index (χ1v) is 6.93. The number of rotatable bonds is 5. The zero-order valence-corrected chi connectivity index (χ0v) is 11.8. The van der Waals surface area contributed by atoms with E-state index in [-0.39, 0.29) is 6.04 Å². The van der Waals surface area contributed by atoms with E-state index in [9.17, 15) is 0 Å². The maximum atomic E-state index is 5.56. The number of nitrogens with one attached hydrogen (secondary N) is 1. The molecule has 0 aliphatic rings. The highest BCUT2D eigenvalue weighted by molar-refractivity contribution is 7.12. The summed E-state index contributed by atoms with van der Waals surface area (Å²) in [6, 6.07) is 8.35. The Hall–Kier alpha value is -1.55. The largest absolute Gasteiger partial charge is 0.490 e. The van der Waals surface area contributed by atoms with Crippen LogP contribution in [0.4, 0.5) is 5.82 Å². The lowest BCUT2D eigenvalue weighted by molar-refractivity contribution is 0.340. The van der Waals surface area contributed by atoms with Crippen molar-refractivity contribution in [3.63, 3.8) is 0 Å². The number of hydrogen-bond acceptors (Lipinski definition) is 4. The maximum Gasteiger partial charge on any atom is 0.169 e. The zero-order valence-electron chi connectivity index (χ0n) is 10.9. The second-order valence-electron chi connectivity index (χ2n) is 4.10. The highest BCUT2D eigenvalue weighted by atomic mass is 32.1. The smallest absolute Gasteiger partial charge is 0.169 e. The summed E-state index contributed by atoms with van der Waals surface area (Å²) in [5.41, 5.74) is 0. The number of aromatic nitrogens is 1. The van der Waals surface area contributed by atoms with Crippen molar-refractivity contribution in [1.29, 1.82) is 0 Å². The molecule has 2 aromatic heterocycles. The van der Waals surface area contributed by atoms with E-state index < -0.39 is 0 Å². The molecule has 0 aliphatic carbocycles. The Balaban J connectivity index is 2.13. The molecule has 2 rings (SSSR count). The molecule has 1 N–H and O–H groups in total. The molecule has 0 fully saturated rings. The normalized spacial score (nSPS) is 12.2. The molecule has 0 spiro atoms. The van der Waals surface area contributed by atoms with Gasteiger partial charge in [-0.2, -0.15) is 0 Å². The van der Waals surface area contributed by atoms with Crippen LogP contribution < -0.4 is 10.1 Å². The molecule has 0 aromatic carbocycles. The van der Waals surface area contributed by atoms with E-state index in [4.69, 9.17) is 4.74 Å². The third-order valence-electron chi connectivity index (χ3n) is 2.61. The van der Waals surface area contributed by atoms with Crippen molar-refractivity contribution in [2.24, 2.45) is 0 Å². The summed E-state index contributed by atoms with van der Waals surface area (Å²) in [6.45, 7) is 6.87. The first-order valence-electron chi connectivity index (χ1n) is 6.11. The van der Waals surface area contributed by atoms with E-state index in [1.165, 1.54) is 9.75 Å². The van der Waals surface area contributed by atoms with Gasteiger partial charge in [-0.1, -0.05) is 0 Å². The van der Waals surface area contributed by atoms with E-state index in [2.05, 4.69) is 36.3 Å². The molecule has 0 aliphatic heterocycles. The molecule has 4 heteroatoms. The van der Waals surface area contributed by atoms with Crippen molar-refractivity contribution in [1.82, 2.24) is 4.98 Å². The van der Waals surface area contributed by atoms with Crippen LogP contribution in [0.25, 0.3) is 0 Å². The van der Waals surface area contributed by atoms with Gasteiger partial charge in [0.2, 0.25) is 0 Å². The Morgan fingerprint density at radius 3 is 2.89 bits per heavy atom. The fourth-order valence-electron chi connectivity index (χ4n) is 1.73. The third-order valence-corrected chi connectivity index (χ3v) is 3.80. The molecule has 0 saturated carbocycles. The SMILES string of the molecule is CCOc1cccnc1NC(C)c1ccc(C)s1. The van der Waals surface area contributed by atoms with Crippen molar-refractivity contribution in [3.8, 4) is 5.75 Å². The van der Waals surface area contributed by atoms with Gasteiger partial charge in [-0.05, 0) is 45.0 Å². The van der Waals surface area contributed by atoms with E-state index in [1.54, 1.807) is 17.5 Å². The number of ether oxygens (including phenoxy) is 1. The lowest BCUT2D eigenvalue weighted by Gasteiger charge is -2.15. The quantitative estimate of drug-likeness (QED) is 0.883. The molecule has 0 bridgehead atoms. The third kappa shape index (κ3) is 3.01. The summed E-state index contributed by atoms with van der Waals surface area (Å²) in [4.78, 5) is 6.97. The van der Waals surface area contributed by atoms with Crippen LogP contribution in [-0.2, 0) is 0 Å². The van der Waals surface area contributed by atoms with Gasteiger partial charge >= 0.3 is 0 Å². The summed E-state index contributed by atoms with van der Waals surface area (Å²) in [5, 5.41) is 3.40. The van der Waals surface area contributed by atoms with Crippen LogP contribution in [0.3, 0.4) is 0 Å². The number of aryl methyl sites for hydroxylation is 1. The minimum atomic E-state index is 0.234. The molecular formula is C14H18N2OS. The van der Waals surface area contributed by atoms with Gasteiger partial charge in [0.25, 0.3) is 0 Å². The monoisotopic (exact) mass is 262 g/mol. The fraction of sp³-hybridized carbons (Fsp3) is 0.357. The molecular weight excluding hydrogens is 244 g/mol. The average Bonchev–Trinajstić information content (AvgIpc) is 2.79. The van der Waals surface area contributed by atoms with Gasteiger partial charge in [0.15, 0.2) is 11.6 Å². The minimum Gasteiger partial charge on any atom is -0.490 e. The van der Waals surface area contributed by atoms with E-state index in [0.717, 1.165) is 11.6 Å². The maximum absolute atomic E-state index is 5.56. The number of pyridine rings is 1. The molecule has 2 heterocycles. The van der Waals surface area contributed by atoms with Crippen LogP contribution in [0.15, 0.2) is 30.5 Å². The van der Waals surface area contributed by atoms with Gasteiger partial charge < -0.3 is 10.1 Å². The van der Waals surface area contributed by atoms with Crippen molar-refractivity contribution in [3.05, 3.63) is 40.2 Å². The molecule has 0 amide bonds. The number of anilines is 1. The van der Waals surface area contributed by atoms with Gasteiger partial charge in [-0.25, -0.2) is 4.98 Å². The molecule has 3 nitrogen and oxygen atoms in total. The zero-order chi connectivity index (χ0) is 13.0. The summed E-state index contributed by atoms with van der Waals surface area (Å²) in [7, 11) is 0. The molecule has 1 unspecified atom stereocenters. The fourth-order valence-corrected chi connectivity index (χ4v) is 2.61. The van der Waals surface area contributed by atoms with Crippen molar-refractivity contribution < 1.29 is 4.74 Å². The number of nitrogens with zero attached hydrogens (tertiary/aromatic N) is 1. The topological polar surface area (TPSA) is 34.1 Å². The Kier molecular flexibility index (Phi) is 4.20. The van der Waals surface area contributed by atoms with E-state index in [0.29, 0.717) is 6.61 Å². The van der Waals surface area contributed by atoms with Crippen LogP contribution in [0.1, 0.15) is 29.6 Å². The molecule has 0 saturated heterocycles. The molecule has 96 valence electrons. The molecule has 1 atom stereocenters. The van der Waals surface area contributed by atoms with Crippen LogP contribution in [0.5, 0.6) is 5.75 Å². The second kappa shape index (κ2) is 5.87. The Labute approximate surface area is 112 Å². The molecule has 18 heavy (non-hydrogen) atoms. The van der Waals surface area contributed by atoms with Gasteiger partial charge in [0.05, 0.1) is 12.6 Å². The summed E-state index contributed by atoms with van der Waals surface area (Å²) >= 11 is 1.80. The number of thiophene rings is 1. The highest BCUT2D eigenvalue weighted by Gasteiger charge is 2.11. The first kappa shape index (κ1) is 12.9. The highest BCUT2D eigenvalue weighted by Crippen LogP contribution is 2.28. The van der Waals surface area contributed by atoms with E-state index in [1.807, 2.05) is 19.1 Å². The number of hydrogen-bond donors (Lipinski definition) is 1. The predicted molar refractivity (Wildman–Crippen MR) is 76.5 cm³/mol. The van der Waals surface area contributed by atoms with Crippen LogP contribution in [-0.4, -0.2) is 11.6 Å². The second-order valence-corrected chi connectivity index (χ2v) is 5.42. The first-order chi connectivity index (χ1) is 8.70. The van der Waals surface area contributed by atoms with Gasteiger partial charge in [-0.3, -0.25) is 0 Å². The Morgan fingerprint density at radius 1 is 1.39 bits per heavy atom. The van der Waals surface area contributed by atoms with Crippen molar-refractivity contribution in [2.45, 2.75) is 26.8 Å². The molecule has 2 aromatic rings. The van der Waals surface area contributed by atoms with Crippen LogP contribution in [0, 0.1) is 6.92 Å².